The molecule has 0 saturated carbocycles. The maximum atomic E-state index is 13.1. The second kappa shape index (κ2) is 9.47. The minimum Gasteiger partial charge on any atom is -0.497 e. The molecule has 0 aliphatic heterocycles. The summed E-state index contributed by atoms with van der Waals surface area (Å²) < 4.78 is 16.5. The lowest BCUT2D eigenvalue weighted by Gasteiger charge is -2.21. The Labute approximate surface area is 178 Å². The van der Waals surface area contributed by atoms with Crippen LogP contribution >= 0.6 is 15.9 Å². The van der Waals surface area contributed by atoms with Crippen molar-refractivity contribution in [3.8, 4) is 17.2 Å². The van der Waals surface area contributed by atoms with Crippen molar-refractivity contribution in [3.63, 3.8) is 0 Å². The lowest BCUT2D eigenvalue weighted by Crippen LogP contribution is -2.29. The maximum absolute atomic E-state index is 13.1. The van der Waals surface area contributed by atoms with Crippen LogP contribution in [-0.2, 0) is 0 Å². The number of methoxy groups -OCH3 is 3. The minimum absolute atomic E-state index is 0.215. The van der Waals surface area contributed by atoms with Crippen LogP contribution in [0.2, 0.25) is 0 Å². The maximum Gasteiger partial charge on any atom is 0.253 e. The van der Waals surface area contributed by atoms with Crippen LogP contribution in [0.1, 0.15) is 27.5 Å². The number of halogens is 1. The van der Waals surface area contributed by atoms with Gasteiger partial charge >= 0.3 is 0 Å². The Bertz CT molecular complexity index is 924. The molecule has 0 fully saturated rings. The number of carbonyl (C=O) groups excluding carboxylic acids is 1. The van der Waals surface area contributed by atoms with Crippen molar-refractivity contribution in [1.29, 1.82) is 0 Å². The SMILES string of the molecule is COc1ccc(C(NC(=O)c2cc(OC)ccc2Br)c2ccc(OC)cc2)cc1. The van der Waals surface area contributed by atoms with E-state index in [1.165, 1.54) is 0 Å². The molecule has 6 heteroatoms. The first-order valence-corrected chi connectivity index (χ1v) is 9.77. The summed E-state index contributed by atoms with van der Waals surface area (Å²) in [6.45, 7) is 0. The second-order valence-corrected chi connectivity index (χ2v) is 7.15. The van der Waals surface area contributed by atoms with Crippen molar-refractivity contribution >= 4 is 21.8 Å². The summed E-state index contributed by atoms with van der Waals surface area (Å²) >= 11 is 3.45. The number of hydrogen-bond donors (Lipinski definition) is 1. The first kappa shape index (κ1) is 20.7. The normalized spacial score (nSPS) is 10.5. The van der Waals surface area contributed by atoms with E-state index in [-0.39, 0.29) is 11.9 Å². The van der Waals surface area contributed by atoms with Crippen molar-refractivity contribution in [1.82, 2.24) is 5.32 Å². The van der Waals surface area contributed by atoms with Crippen molar-refractivity contribution in [2.24, 2.45) is 0 Å². The highest BCUT2D eigenvalue weighted by molar-refractivity contribution is 9.10. The third-order valence-electron chi connectivity index (χ3n) is 4.59. The molecular weight excluding hydrogens is 434 g/mol. The van der Waals surface area contributed by atoms with Gasteiger partial charge in [-0.15, -0.1) is 0 Å². The van der Waals surface area contributed by atoms with Crippen LogP contribution in [0.25, 0.3) is 0 Å². The van der Waals surface area contributed by atoms with E-state index in [0.717, 1.165) is 22.6 Å². The molecule has 0 atom stereocenters. The van der Waals surface area contributed by atoms with Gasteiger partial charge in [-0.3, -0.25) is 4.79 Å². The number of rotatable bonds is 7. The molecule has 0 saturated heterocycles. The number of hydrogen-bond acceptors (Lipinski definition) is 4. The first-order chi connectivity index (χ1) is 14.0. The van der Waals surface area contributed by atoms with E-state index in [0.29, 0.717) is 15.8 Å². The number of amides is 1. The van der Waals surface area contributed by atoms with Crippen molar-refractivity contribution in [2.75, 3.05) is 21.3 Å². The molecule has 0 aliphatic carbocycles. The van der Waals surface area contributed by atoms with E-state index < -0.39 is 0 Å². The molecule has 3 rings (SSSR count). The number of benzene rings is 3. The third-order valence-corrected chi connectivity index (χ3v) is 5.28. The summed E-state index contributed by atoms with van der Waals surface area (Å²) in [6, 6.07) is 20.2. The standard InChI is InChI=1S/C23H22BrNO4/c1-27-17-8-4-15(5-9-17)22(16-6-10-18(28-2)11-7-16)25-23(26)20-14-19(29-3)12-13-21(20)24/h4-14,22H,1-3H3,(H,25,26). The van der Waals surface area contributed by atoms with Crippen LogP contribution in [0.3, 0.4) is 0 Å². The van der Waals surface area contributed by atoms with Crippen LogP contribution < -0.4 is 19.5 Å². The highest BCUT2D eigenvalue weighted by Gasteiger charge is 2.20. The number of ether oxygens (including phenoxy) is 3. The predicted molar refractivity (Wildman–Crippen MR) is 116 cm³/mol. The molecule has 150 valence electrons. The molecule has 5 nitrogen and oxygen atoms in total. The van der Waals surface area contributed by atoms with E-state index >= 15 is 0 Å². The summed E-state index contributed by atoms with van der Waals surface area (Å²) in [5.41, 5.74) is 2.36. The topological polar surface area (TPSA) is 56.8 Å². The van der Waals surface area contributed by atoms with E-state index in [4.69, 9.17) is 14.2 Å². The van der Waals surface area contributed by atoms with E-state index in [1.807, 2.05) is 48.5 Å². The zero-order valence-corrected chi connectivity index (χ0v) is 18.0. The van der Waals surface area contributed by atoms with Gasteiger partial charge < -0.3 is 19.5 Å². The van der Waals surface area contributed by atoms with Crippen LogP contribution in [0.4, 0.5) is 0 Å². The summed E-state index contributed by atoms with van der Waals surface area (Å²) in [4.78, 5) is 13.1. The molecule has 1 amide bonds. The fourth-order valence-corrected chi connectivity index (χ4v) is 3.39. The van der Waals surface area contributed by atoms with Gasteiger partial charge in [0.2, 0.25) is 0 Å². The van der Waals surface area contributed by atoms with Crippen LogP contribution in [0.15, 0.2) is 71.2 Å². The average molecular weight is 456 g/mol. The summed E-state index contributed by atoms with van der Waals surface area (Å²) in [5, 5.41) is 3.13. The van der Waals surface area contributed by atoms with Crippen molar-refractivity contribution in [2.45, 2.75) is 6.04 Å². The van der Waals surface area contributed by atoms with Gasteiger partial charge in [-0.1, -0.05) is 24.3 Å². The molecule has 0 bridgehead atoms. The second-order valence-electron chi connectivity index (χ2n) is 6.30. The van der Waals surface area contributed by atoms with Crippen molar-refractivity contribution in [3.05, 3.63) is 87.9 Å². The molecular formula is C23H22BrNO4. The Kier molecular flexibility index (Phi) is 6.77. The zero-order chi connectivity index (χ0) is 20.8. The molecule has 0 aromatic heterocycles. The predicted octanol–water partition coefficient (Wildman–Crippen LogP) is 4.99. The van der Waals surface area contributed by atoms with Gasteiger partial charge in [-0.25, -0.2) is 0 Å². The molecule has 29 heavy (non-hydrogen) atoms. The summed E-state index contributed by atoms with van der Waals surface area (Å²) in [7, 11) is 4.82. The highest BCUT2D eigenvalue weighted by Crippen LogP contribution is 2.28. The van der Waals surface area contributed by atoms with Crippen LogP contribution in [0, 0.1) is 0 Å². The van der Waals surface area contributed by atoms with Gasteiger partial charge in [0, 0.05) is 4.47 Å². The molecule has 3 aromatic rings. The smallest absolute Gasteiger partial charge is 0.253 e. The van der Waals surface area contributed by atoms with Gasteiger partial charge in [0.05, 0.1) is 32.9 Å². The van der Waals surface area contributed by atoms with Gasteiger partial charge in [-0.2, -0.15) is 0 Å². The van der Waals surface area contributed by atoms with E-state index in [2.05, 4.69) is 21.2 Å². The summed E-state index contributed by atoms with van der Waals surface area (Å²) in [5.74, 6) is 1.91. The van der Waals surface area contributed by atoms with E-state index in [1.54, 1.807) is 39.5 Å². The van der Waals surface area contributed by atoms with Gasteiger partial charge in [-0.05, 0) is 69.5 Å². The fraction of sp³-hybridized carbons (Fsp3) is 0.174. The van der Waals surface area contributed by atoms with Gasteiger partial charge in [0.25, 0.3) is 5.91 Å². The highest BCUT2D eigenvalue weighted by atomic mass is 79.9. The zero-order valence-electron chi connectivity index (χ0n) is 16.4. The Hall–Kier alpha value is -2.99. The monoisotopic (exact) mass is 455 g/mol. The number of carbonyl (C=O) groups is 1. The summed E-state index contributed by atoms with van der Waals surface area (Å²) in [6.07, 6.45) is 0. The first-order valence-electron chi connectivity index (χ1n) is 8.98. The Balaban J connectivity index is 1.96. The van der Waals surface area contributed by atoms with Crippen molar-refractivity contribution < 1.29 is 19.0 Å². The Morgan fingerprint density at radius 1 is 0.759 bits per heavy atom. The molecule has 0 radical (unpaired) electrons. The minimum atomic E-state index is -0.350. The third kappa shape index (κ3) is 4.90. The molecule has 0 aliphatic rings. The largest absolute Gasteiger partial charge is 0.497 e. The Morgan fingerprint density at radius 3 is 1.66 bits per heavy atom. The molecule has 0 spiro atoms. The average Bonchev–Trinajstić information content (AvgIpc) is 2.78. The molecule has 0 heterocycles. The lowest BCUT2D eigenvalue weighted by molar-refractivity contribution is 0.0942. The van der Waals surface area contributed by atoms with Crippen LogP contribution in [0.5, 0.6) is 17.2 Å². The molecule has 3 aromatic carbocycles. The van der Waals surface area contributed by atoms with Gasteiger partial charge in [0.15, 0.2) is 0 Å². The quantitative estimate of drug-likeness (QED) is 0.544. The molecule has 1 N–H and O–H groups in total. The van der Waals surface area contributed by atoms with E-state index in [9.17, 15) is 4.79 Å². The fourth-order valence-electron chi connectivity index (χ4n) is 2.97. The Morgan fingerprint density at radius 2 is 1.21 bits per heavy atom. The number of nitrogens with one attached hydrogen (secondary N) is 1. The van der Waals surface area contributed by atoms with Crippen LogP contribution in [-0.4, -0.2) is 27.2 Å². The molecule has 0 unspecified atom stereocenters. The van der Waals surface area contributed by atoms with Gasteiger partial charge in [0.1, 0.15) is 17.2 Å². The lowest BCUT2D eigenvalue weighted by atomic mass is 9.98.